The molecule has 0 bridgehead atoms. The van der Waals surface area contributed by atoms with E-state index >= 15 is 0 Å². The largest absolute Gasteiger partial charge is 0.465 e. The predicted molar refractivity (Wildman–Crippen MR) is 90.5 cm³/mol. The number of anilines is 1. The Balaban J connectivity index is 1.90. The first-order valence-electron chi connectivity index (χ1n) is 7.47. The smallest absolute Gasteiger partial charge is 0.339 e. The summed E-state index contributed by atoms with van der Waals surface area (Å²) in [6.07, 6.45) is 1.23. The van der Waals surface area contributed by atoms with Gasteiger partial charge in [-0.2, -0.15) is 0 Å². The highest BCUT2D eigenvalue weighted by Crippen LogP contribution is 2.29. The van der Waals surface area contributed by atoms with E-state index in [1.165, 1.54) is 13.3 Å². The van der Waals surface area contributed by atoms with Crippen LogP contribution in [0.1, 0.15) is 29.1 Å². The van der Waals surface area contributed by atoms with Gasteiger partial charge in [-0.05, 0) is 19.1 Å². The minimum atomic E-state index is -0.688. The molecule has 0 aliphatic heterocycles. The first-order valence-corrected chi connectivity index (χ1v) is 7.47. The summed E-state index contributed by atoms with van der Waals surface area (Å²) in [5.41, 5.74) is 0.427. The van der Waals surface area contributed by atoms with E-state index in [9.17, 15) is 14.9 Å². The van der Waals surface area contributed by atoms with E-state index in [0.29, 0.717) is 5.76 Å². The molecule has 0 radical (unpaired) electrons. The van der Waals surface area contributed by atoms with Gasteiger partial charge >= 0.3 is 11.7 Å². The van der Waals surface area contributed by atoms with E-state index in [0.717, 1.165) is 17.0 Å². The third-order valence-electron chi connectivity index (χ3n) is 3.71. The van der Waals surface area contributed by atoms with Gasteiger partial charge in [-0.3, -0.25) is 10.1 Å². The van der Waals surface area contributed by atoms with Crippen molar-refractivity contribution < 1.29 is 18.9 Å². The van der Waals surface area contributed by atoms with Crippen LogP contribution >= 0.6 is 0 Å². The van der Waals surface area contributed by atoms with E-state index in [4.69, 9.17) is 4.42 Å². The molecule has 0 saturated carbocycles. The molecule has 8 nitrogen and oxygen atoms in total. The lowest BCUT2D eigenvalue weighted by atomic mass is 10.2. The summed E-state index contributed by atoms with van der Waals surface area (Å²) in [4.78, 5) is 26.2. The van der Waals surface area contributed by atoms with Gasteiger partial charge in [-0.1, -0.05) is 18.2 Å². The van der Waals surface area contributed by atoms with Crippen molar-refractivity contribution in [3.63, 3.8) is 0 Å². The monoisotopic (exact) mass is 341 g/mol. The SMILES string of the molecule is COC(=O)c1cnc(NC(C)c2cc3ccccc3o2)c([N+](=O)[O-])c1. The number of nitro groups is 1. The number of carbonyl (C=O) groups is 1. The average molecular weight is 341 g/mol. The molecular formula is C17H15N3O5. The number of esters is 1. The average Bonchev–Trinajstić information content (AvgIpc) is 3.05. The number of aromatic nitrogens is 1. The lowest BCUT2D eigenvalue weighted by molar-refractivity contribution is -0.384. The number of fused-ring (bicyclic) bond motifs is 1. The Labute approximate surface area is 142 Å². The fourth-order valence-electron chi connectivity index (χ4n) is 2.43. The molecule has 0 amide bonds. The highest BCUT2D eigenvalue weighted by Gasteiger charge is 2.22. The van der Waals surface area contributed by atoms with Gasteiger partial charge in [-0.25, -0.2) is 9.78 Å². The van der Waals surface area contributed by atoms with Crippen LogP contribution in [0.5, 0.6) is 0 Å². The molecular weight excluding hydrogens is 326 g/mol. The normalized spacial score (nSPS) is 11.9. The molecule has 25 heavy (non-hydrogen) atoms. The number of methoxy groups -OCH3 is 1. The molecule has 3 rings (SSSR count). The Hall–Kier alpha value is -3.42. The van der Waals surface area contributed by atoms with Gasteiger partial charge < -0.3 is 14.5 Å². The second-order valence-corrected chi connectivity index (χ2v) is 5.39. The Kier molecular flexibility index (Phi) is 4.34. The van der Waals surface area contributed by atoms with Crippen LogP contribution in [0, 0.1) is 10.1 Å². The zero-order valence-electron chi connectivity index (χ0n) is 13.6. The van der Waals surface area contributed by atoms with Crippen LogP contribution in [0.2, 0.25) is 0 Å². The Morgan fingerprint density at radius 3 is 2.80 bits per heavy atom. The summed E-state index contributed by atoms with van der Waals surface area (Å²) in [6.45, 7) is 1.80. The van der Waals surface area contributed by atoms with E-state index < -0.39 is 10.9 Å². The molecule has 0 saturated heterocycles. The second kappa shape index (κ2) is 6.60. The molecule has 1 aromatic carbocycles. The molecule has 1 unspecified atom stereocenters. The maximum absolute atomic E-state index is 11.5. The lowest BCUT2D eigenvalue weighted by Gasteiger charge is -2.12. The maximum Gasteiger partial charge on any atom is 0.339 e. The van der Waals surface area contributed by atoms with Crippen molar-refractivity contribution in [1.29, 1.82) is 0 Å². The quantitative estimate of drug-likeness (QED) is 0.428. The van der Waals surface area contributed by atoms with Crippen LogP contribution in [-0.4, -0.2) is 23.0 Å². The molecule has 2 aromatic heterocycles. The number of nitrogens with zero attached hydrogens (tertiary/aromatic N) is 2. The van der Waals surface area contributed by atoms with Crippen LogP contribution in [0.25, 0.3) is 11.0 Å². The van der Waals surface area contributed by atoms with Crippen molar-refractivity contribution in [3.05, 3.63) is 64.0 Å². The van der Waals surface area contributed by atoms with Crippen molar-refractivity contribution in [1.82, 2.24) is 4.98 Å². The maximum atomic E-state index is 11.5. The molecule has 3 aromatic rings. The number of hydrogen-bond donors (Lipinski definition) is 1. The van der Waals surface area contributed by atoms with Crippen LogP contribution in [0.3, 0.4) is 0 Å². The molecule has 0 aliphatic carbocycles. The number of para-hydroxylation sites is 1. The molecule has 128 valence electrons. The van der Waals surface area contributed by atoms with E-state index in [1.54, 1.807) is 6.92 Å². The number of furan rings is 1. The summed E-state index contributed by atoms with van der Waals surface area (Å²) in [7, 11) is 1.20. The molecule has 0 fully saturated rings. The molecule has 8 heteroatoms. The van der Waals surface area contributed by atoms with Gasteiger partial charge in [0.2, 0.25) is 5.82 Å². The van der Waals surface area contributed by atoms with Gasteiger partial charge in [0, 0.05) is 17.6 Å². The summed E-state index contributed by atoms with van der Waals surface area (Å²) in [6, 6.07) is 10.2. The molecule has 0 spiro atoms. The fraction of sp³-hybridized carbons (Fsp3) is 0.176. The lowest BCUT2D eigenvalue weighted by Crippen LogP contribution is -2.11. The predicted octanol–water partition coefficient (Wildman–Crippen LogP) is 3.70. The van der Waals surface area contributed by atoms with E-state index in [-0.39, 0.29) is 23.1 Å². The van der Waals surface area contributed by atoms with Crippen LogP contribution in [0.15, 0.2) is 47.0 Å². The Morgan fingerprint density at radius 2 is 2.12 bits per heavy atom. The third kappa shape index (κ3) is 3.27. The third-order valence-corrected chi connectivity index (χ3v) is 3.71. The van der Waals surface area contributed by atoms with Crippen LogP contribution in [-0.2, 0) is 4.74 Å². The number of benzene rings is 1. The van der Waals surface area contributed by atoms with E-state index in [2.05, 4.69) is 15.0 Å². The van der Waals surface area contributed by atoms with Crippen LogP contribution < -0.4 is 5.32 Å². The number of nitrogens with one attached hydrogen (secondary N) is 1. The number of rotatable bonds is 5. The second-order valence-electron chi connectivity index (χ2n) is 5.39. The molecule has 0 aliphatic rings. The fourth-order valence-corrected chi connectivity index (χ4v) is 2.43. The molecule has 1 atom stereocenters. The van der Waals surface area contributed by atoms with Crippen molar-refractivity contribution in [2.24, 2.45) is 0 Å². The number of ether oxygens (including phenoxy) is 1. The van der Waals surface area contributed by atoms with Crippen LogP contribution in [0.4, 0.5) is 11.5 Å². The molecule has 2 heterocycles. The first-order chi connectivity index (χ1) is 12.0. The Bertz CT molecular complexity index is 917. The summed E-state index contributed by atoms with van der Waals surface area (Å²) < 4.78 is 10.3. The van der Waals surface area contributed by atoms with Crippen molar-refractivity contribution in [3.8, 4) is 0 Å². The topological polar surface area (TPSA) is 108 Å². The summed E-state index contributed by atoms with van der Waals surface area (Å²) in [5.74, 6) is -0.0209. The molecule has 1 N–H and O–H groups in total. The first kappa shape index (κ1) is 16.4. The standard InChI is InChI=1S/C17H15N3O5/c1-10(15-8-11-5-3-4-6-14(11)25-15)19-16-13(20(22)23)7-12(9-18-16)17(21)24-2/h3-10H,1-2H3,(H,18,19). The van der Waals surface area contributed by atoms with Gasteiger partial charge in [0.15, 0.2) is 0 Å². The van der Waals surface area contributed by atoms with Gasteiger partial charge in [0.05, 0.1) is 23.6 Å². The van der Waals surface area contributed by atoms with Crippen molar-refractivity contribution in [2.75, 3.05) is 12.4 Å². The van der Waals surface area contributed by atoms with Gasteiger partial charge in [0.1, 0.15) is 11.3 Å². The Morgan fingerprint density at radius 1 is 1.36 bits per heavy atom. The van der Waals surface area contributed by atoms with Gasteiger partial charge in [-0.15, -0.1) is 0 Å². The zero-order valence-corrected chi connectivity index (χ0v) is 13.6. The highest BCUT2D eigenvalue weighted by atomic mass is 16.6. The number of carbonyl (C=O) groups excluding carboxylic acids is 1. The van der Waals surface area contributed by atoms with Gasteiger partial charge in [0.25, 0.3) is 0 Å². The van der Waals surface area contributed by atoms with Crippen molar-refractivity contribution in [2.45, 2.75) is 13.0 Å². The summed E-state index contributed by atoms with van der Waals surface area (Å²) >= 11 is 0. The number of pyridine rings is 1. The highest BCUT2D eigenvalue weighted by molar-refractivity contribution is 5.90. The van der Waals surface area contributed by atoms with Crippen molar-refractivity contribution >= 4 is 28.4 Å². The zero-order chi connectivity index (χ0) is 18.0. The minimum absolute atomic E-state index is 0.0103. The van der Waals surface area contributed by atoms with E-state index in [1.807, 2.05) is 30.3 Å². The minimum Gasteiger partial charge on any atom is -0.465 e. The number of hydrogen-bond acceptors (Lipinski definition) is 7. The summed E-state index contributed by atoms with van der Waals surface area (Å²) in [5, 5.41) is 15.2.